The van der Waals surface area contributed by atoms with Gasteiger partial charge in [-0.3, -0.25) is 4.98 Å². The molecule has 2 aromatic rings. The van der Waals surface area contributed by atoms with E-state index in [0.29, 0.717) is 0 Å². The Morgan fingerprint density at radius 3 is 2.47 bits per heavy atom. The molecule has 1 aliphatic heterocycles. The third kappa shape index (κ3) is 3.22. The van der Waals surface area contributed by atoms with Gasteiger partial charge >= 0.3 is 0 Å². The lowest BCUT2D eigenvalue weighted by Gasteiger charge is -2.28. The minimum absolute atomic E-state index is 0. The molecular formula is C14H17ClN4. The van der Waals surface area contributed by atoms with Crippen LogP contribution >= 0.6 is 12.4 Å². The minimum Gasteiger partial charge on any atom is -0.353 e. The maximum absolute atomic E-state index is 4.70. The minimum atomic E-state index is 0. The molecule has 1 N–H and O–H groups in total. The second-order valence-corrected chi connectivity index (χ2v) is 4.37. The zero-order valence-electron chi connectivity index (χ0n) is 10.6. The van der Waals surface area contributed by atoms with Crippen LogP contribution in [-0.4, -0.2) is 36.1 Å². The fourth-order valence-corrected chi connectivity index (χ4v) is 2.15. The van der Waals surface area contributed by atoms with Crippen LogP contribution in [0.25, 0.3) is 11.3 Å². The lowest BCUT2D eigenvalue weighted by molar-refractivity contribution is 0.584. The van der Waals surface area contributed by atoms with Gasteiger partial charge in [0.25, 0.3) is 0 Å². The number of anilines is 1. The van der Waals surface area contributed by atoms with E-state index in [0.717, 1.165) is 43.3 Å². The Hall–Kier alpha value is -1.65. The zero-order valence-corrected chi connectivity index (χ0v) is 11.4. The van der Waals surface area contributed by atoms with Gasteiger partial charge in [-0.1, -0.05) is 30.3 Å². The second kappa shape index (κ2) is 6.50. The monoisotopic (exact) mass is 276 g/mol. The van der Waals surface area contributed by atoms with Crippen molar-refractivity contribution < 1.29 is 0 Å². The van der Waals surface area contributed by atoms with E-state index >= 15 is 0 Å². The van der Waals surface area contributed by atoms with Crippen LogP contribution < -0.4 is 10.2 Å². The molecule has 19 heavy (non-hydrogen) atoms. The Kier molecular flexibility index (Phi) is 4.71. The molecule has 5 heteroatoms. The van der Waals surface area contributed by atoms with E-state index in [-0.39, 0.29) is 12.4 Å². The van der Waals surface area contributed by atoms with Crippen molar-refractivity contribution in [1.82, 2.24) is 15.3 Å². The summed E-state index contributed by atoms with van der Waals surface area (Å²) in [6.45, 7) is 4.01. The van der Waals surface area contributed by atoms with Crippen LogP contribution in [0, 0.1) is 0 Å². The number of halogens is 1. The van der Waals surface area contributed by atoms with Crippen LogP contribution in [0.1, 0.15) is 0 Å². The Balaban J connectivity index is 0.00000133. The number of benzene rings is 1. The van der Waals surface area contributed by atoms with Gasteiger partial charge in [0.1, 0.15) is 5.82 Å². The van der Waals surface area contributed by atoms with E-state index < -0.39 is 0 Å². The number of rotatable bonds is 2. The summed E-state index contributed by atoms with van der Waals surface area (Å²) in [5.41, 5.74) is 2.05. The molecule has 0 amide bonds. The molecule has 0 saturated carbocycles. The fourth-order valence-electron chi connectivity index (χ4n) is 2.15. The van der Waals surface area contributed by atoms with Crippen LogP contribution in [0.2, 0.25) is 0 Å². The van der Waals surface area contributed by atoms with Gasteiger partial charge in [0.2, 0.25) is 0 Å². The van der Waals surface area contributed by atoms with Gasteiger partial charge in [-0.05, 0) is 0 Å². The predicted molar refractivity (Wildman–Crippen MR) is 79.8 cm³/mol. The second-order valence-electron chi connectivity index (χ2n) is 4.37. The molecule has 0 unspecified atom stereocenters. The van der Waals surface area contributed by atoms with Crippen LogP contribution in [0.15, 0.2) is 42.7 Å². The average Bonchev–Trinajstić information content (AvgIpc) is 2.49. The van der Waals surface area contributed by atoms with E-state index in [1.165, 1.54) is 0 Å². The molecule has 1 fully saturated rings. The summed E-state index contributed by atoms with van der Waals surface area (Å²) in [7, 11) is 0. The van der Waals surface area contributed by atoms with Gasteiger partial charge in [0.15, 0.2) is 0 Å². The highest BCUT2D eigenvalue weighted by atomic mass is 35.5. The normalized spacial score (nSPS) is 14.8. The Morgan fingerprint density at radius 1 is 1.00 bits per heavy atom. The number of piperazine rings is 1. The summed E-state index contributed by atoms with van der Waals surface area (Å²) in [4.78, 5) is 11.3. The molecule has 0 aliphatic carbocycles. The Morgan fingerprint density at radius 2 is 1.74 bits per heavy atom. The standard InChI is InChI=1S/C14H16N4.ClH/c1-2-4-12(5-3-1)13-10-16-11-14(17-13)18-8-6-15-7-9-18;/h1-5,10-11,15H,6-9H2;1H. The van der Waals surface area contributed by atoms with Crippen molar-refractivity contribution in [2.45, 2.75) is 0 Å². The van der Waals surface area contributed by atoms with Gasteiger partial charge < -0.3 is 10.2 Å². The van der Waals surface area contributed by atoms with E-state index in [1.54, 1.807) is 0 Å². The van der Waals surface area contributed by atoms with Crippen LogP contribution in [-0.2, 0) is 0 Å². The molecule has 0 radical (unpaired) electrons. The Labute approximate surface area is 119 Å². The summed E-state index contributed by atoms with van der Waals surface area (Å²) >= 11 is 0. The van der Waals surface area contributed by atoms with Crippen molar-refractivity contribution in [3.8, 4) is 11.3 Å². The third-order valence-electron chi connectivity index (χ3n) is 3.13. The number of hydrogen-bond acceptors (Lipinski definition) is 4. The molecule has 2 heterocycles. The van der Waals surface area contributed by atoms with Crippen molar-refractivity contribution in [3.63, 3.8) is 0 Å². The smallest absolute Gasteiger partial charge is 0.147 e. The molecule has 0 atom stereocenters. The first-order valence-corrected chi connectivity index (χ1v) is 6.26. The third-order valence-corrected chi connectivity index (χ3v) is 3.13. The van der Waals surface area contributed by atoms with Crippen molar-refractivity contribution in [2.24, 2.45) is 0 Å². The summed E-state index contributed by atoms with van der Waals surface area (Å²) < 4.78 is 0. The van der Waals surface area contributed by atoms with Crippen LogP contribution in [0.4, 0.5) is 5.82 Å². The lowest BCUT2D eigenvalue weighted by Crippen LogP contribution is -2.43. The maximum atomic E-state index is 4.70. The van der Waals surface area contributed by atoms with Crippen molar-refractivity contribution in [2.75, 3.05) is 31.1 Å². The molecule has 1 aromatic heterocycles. The molecular weight excluding hydrogens is 260 g/mol. The topological polar surface area (TPSA) is 41.1 Å². The molecule has 1 saturated heterocycles. The van der Waals surface area contributed by atoms with E-state index in [4.69, 9.17) is 4.98 Å². The number of nitrogens with one attached hydrogen (secondary N) is 1. The van der Waals surface area contributed by atoms with Crippen LogP contribution in [0.5, 0.6) is 0 Å². The summed E-state index contributed by atoms with van der Waals surface area (Å²) in [6, 6.07) is 10.2. The number of aromatic nitrogens is 2. The Bertz CT molecular complexity index is 512. The zero-order chi connectivity index (χ0) is 12.2. The number of nitrogens with zero attached hydrogens (tertiary/aromatic N) is 3. The molecule has 3 rings (SSSR count). The first-order valence-electron chi connectivity index (χ1n) is 6.26. The highest BCUT2D eigenvalue weighted by Crippen LogP contribution is 2.19. The molecule has 1 aromatic carbocycles. The average molecular weight is 277 g/mol. The predicted octanol–water partition coefficient (Wildman–Crippen LogP) is 1.97. The molecule has 0 spiro atoms. The van der Waals surface area contributed by atoms with E-state index in [9.17, 15) is 0 Å². The lowest BCUT2D eigenvalue weighted by atomic mass is 10.2. The highest BCUT2D eigenvalue weighted by molar-refractivity contribution is 5.85. The first-order chi connectivity index (χ1) is 8.93. The maximum Gasteiger partial charge on any atom is 0.147 e. The van der Waals surface area contributed by atoms with Gasteiger partial charge in [0.05, 0.1) is 18.1 Å². The highest BCUT2D eigenvalue weighted by Gasteiger charge is 2.12. The van der Waals surface area contributed by atoms with Crippen molar-refractivity contribution in [3.05, 3.63) is 42.7 Å². The molecule has 1 aliphatic rings. The van der Waals surface area contributed by atoms with E-state index in [2.05, 4.69) is 27.3 Å². The summed E-state index contributed by atoms with van der Waals surface area (Å²) in [5.74, 6) is 0.970. The SMILES string of the molecule is Cl.c1ccc(-c2cncc(N3CCNCC3)n2)cc1. The fraction of sp³-hybridized carbons (Fsp3) is 0.286. The van der Waals surface area contributed by atoms with Crippen LogP contribution in [0.3, 0.4) is 0 Å². The van der Waals surface area contributed by atoms with E-state index in [1.807, 2.05) is 30.6 Å². The van der Waals surface area contributed by atoms with Gasteiger partial charge in [-0.15, -0.1) is 12.4 Å². The molecule has 4 nitrogen and oxygen atoms in total. The van der Waals surface area contributed by atoms with Gasteiger partial charge in [-0.2, -0.15) is 0 Å². The van der Waals surface area contributed by atoms with Crippen molar-refractivity contribution in [1.29, 1.82) is 0 Å². The summed E-state index contributed by atoms with van der Waals surface area (Å²) in [6.07, 6.45) is 3.67. The van der Waals surface area contributed by atoms with Gasteiger partial charge in [0, 0.05) is 31.7 Å². The van der Waals surface area contributed by atoms with Gasteiger partial charge in [-0.25, -0.2) is 4.98 Å². The quantitative estimate of drug-likeness (QED) is 0.911. The largest absolute Gasteiger partial charge is 0.353 e. The molecule has 100 valence electrons. The summed E-state index contributed by atoms with van der Waals surface area (Å²) in [5, 5.41) is 3.34. The van der Waals surface area contributed by atoms with Crippen molar-refractivity contribution >= 4 is 18.2 Å². The molecule has 0 bridgehead atoms. The number of hydrogen-bond donors (Lipinski definition) is 1. The first kappa shape index (κ1) is 13.8.